The van der Waals surface area contributed by atoms with Gasteiger partial charge in [0.1, 0.15) is 10.4 Å². The number of alkyl halides is 2. The van der Waals surface area contributed by atoms with Gasteiger partial charge in [-0.3, -0.25) is 9.20 Å². The number of hydrogen-bond acceptors (Lipinski definition) is 5. The number of carboxylic acid groups (broad SMARTS) is 2. The second-order valence-corrected chi connectivity index (χ2v) is 7.05. The van der Waals surface area contributed by atoms with Gasteiger partial charge in [0.25, 0.3) is 0 Å². The number of aromatic nitrogens is 3. The summed E-state index contributed by atoms with van der Waals surface area (Å²) in [6.45, 7) is -3.18. The monoisotopic (exact) mass is 489 g/mol. The summed E-state index contributed by atoms with van der Waals surface area (Å²) in [6.07, 6.45) is 2.05. The molecule has 0 spiro atoms. The average molecular weight is 491 g/mol. The summed E-state index contributed by atoms with van der Waals surface area (Å²) in [5, 5.41) is 19.2. The van der Waals surface area contributed by atoms with E-state index in [9.17, 15) is 28.6 Å². The number of hydrogen-bond donors (Lipinski definition) is 2. The molecule has 0 amide bonds. The lowest BCUT2D eigenvalue weighted by atomic mass is 9.90. The molecule has 0 aliphatic heterocycles. The number of aliphatic carboxylic acids is 1. The Kier molecular flexibility index (Phi) is 5.99. The number of nitrogens with zero attached hydrogens (tertiary/aromatic N) is 3. The van der Waals surface area contributed by atoms with Crippen LogP contribution in [0.2, 0.25) is 5.02 Å². The molecule has 1 unspecified atom stereocenters. The second kappa shape index (κ2) is 8.29. The highest BCUT2D eigenvalue weighted by atomic mass is 79.9. The smallest absolute Gasteiger partial charge is 0.387 e. The summed E-state index contributed by atoms with van der Waals surface area (Å²) in [5.41, 5.74) is -0.370. The van der Waals surface area contributed by atoms with E-state index < -0.39 is 36.6 Å². The maximum atomic E-state index is 12.9. The van der Waals surface area contributed by atoms with E-state index in [0.29, 0.717) is 4.60 Å². The minimum atomic E-state index is -3.18. The molecule has 0 fully saturated rings. The molecular formula is C17H11BrClF2N3O5. The summed E-state index contributed by atoms with van der Waals surface area (Å²) in [4.78, 5) is 31.3. The van der Waals surface area contributed by atoms with Crippen LogP contribution in [-0.2, 0) is 4.79 Å². The molecule has 29 heavy (non-hydrogen) atoms. The van der Waals surface area contributed by atoms with Gasteiger partial charge in [-0.05, 0) is 34.1 Å². The summed E-state index contributed by atoms with van der Waals surface area (Å²) in [5.74, 6) is -4.25. The van der Waals surface area contributed by atoms with Crippen molar-refractivity contribution in [2.75, 3.05) is 0 Å². The lowest BCUT2D eigenvalue weighted by molar-refractivity contribution is -0.137. The van der Waals surface area contributed by atoms with Crippen LogP contribution in [0.4, 0.5) is 8.78 Å². The van der Waals surface area contributed by atoms with Gasteiger partial charge >= 0.3 is 18.6 Å². The normalized spacial score (nSPS) is 12.3. The van der Waals surface area contributed by atoms with Gasteiger partial charge < -0.3 is 14.9 Å². The predicted molar refractivity (Wildman–Crippen MR) is 99.8 cm³/mol. The Hall–Kier alpha value is -2.79. The van der Waals surface area contributed by atoms with Gasteiger partial charge in [0.15, 0.2) is 11.3 Å². The number of carbonyl (C=O) groups is 2. The number of carboxylic acids is 2. The molecule has 12 heteroatoms. The van der Waals surface area contributed by atoms with Crippen molar-refractivity contribution in [1.29, 1.82) is 0 Å². The largest absolute Gasteiger partial charge is 0.481 e. The minimum absolute atomic E-state index is 0.0163. The topological polar surface area (TPSA) is 114 Å². The second-order valence-electron chi connectivity index (χ2n) is 5.80. The Labute approximate surface area is 174 Å². The van der Waals surface area contributed by atoms with Crippen LogP contribution in [0.15, 0.2) is 35.2 Å². The van der Waals surface area contributed by atoms with Gasteiger partial charge in [-0.25, -0.2) is 14.8 Å². The van der Waals surface area contributed by atoms with E-state index in [2.05, 4.69) is 30.6 Å². The molecule has 152 valence electrons. The van der Waals surface area contributed by atoms with E-state index in [-0.39, 0.29) is 27.7 Å². The van der Waals surface area contributed by atoms with Crippen LogP contribution in [0.25, 0.3) is 5.65 Å². The van der Waals surface area contributed by atoms with Crippen molar-refractivity contribution in [2.45, 2.75) is 19.0 Å². The van der Waals surface area contributed by atoms with Gasteiger partial charge in [0, 0.05) is 22.7 Å². The van der Waals surface area contributed by atoms with Gasteiger partial charge in [0.05, 0.1) is 18.3 Å². The molecule has 8 nitrogen and oxygen atoms in total. The fourth-order valence-corrected chi connectivity index (χ4v) is 3.45. The van der Waals surface area contributed by atoms with Crippen molar-refractivity contribution in [1.82, 2.24) is 14.4 Å². The zero-order valence-corrected chi connectivity index (χ0v) is 16.6. The summed E-state index contributed by atoms with van der Waals surface area (Å²) in [6, 6.07) is 3.72. The maximum Gasteiger partial charge on any atom is 0.387 e. The third kappa shape index (κ3) is 4.46. The fourth-order valence-electron chi connectivity index (χ4n) is 2.96. The number of fused-ring (bicyclic) bond motifs is 1. The van der Waals surface area contributed by atoms with E-state index in [4.69, 9.17) is 11.6 Å². The van der Waals surface area contributed by atoms with Crippen LogP contribution in [0.1, 0.15) is 34.1 Å². The highest BCUT2D eigenvalue weighted by molar-refractivity contribution is 9.10. The van der Waals surface area contributed by atoms with Crippen LogP contribution in [-0.4, -0.2) is 43.1 Å². The summed E-state index contributed by atoms with van der Waals surface area (Å²) < 4.78 is 31.9. The molecule has 2 aromatic heterocycles. The van der Waals surface area contributed by atoms with Gasteiger partial charge in [-0.2, -0.15) is 8.78 Å². The van der Waals surface area contributed by atoms with Crippen molar-refractivity contribution in [3.8, 4) is 5.75 Å². The molecule has 0 saturated carbocycles. The van der Waals surface area contributed by atoms with Crippen molar-refractivity contribution < 1.29 is 33.3 Å². The molecule has 0 aliphatic carbocycles. The van der Waals surface area contributed by atoms with Crippen LogP contribution in [0, 0.1) is 0 Å². The molecule has 2 heterocycles. The molecule has 0 bridgehead atoms. The van der Waals surface area contributed by atoms with E-state index >= 15 is 0 Å². The zero-order valence-electron chi connectivity index (χ0n) is 14.2. The Morgan fingerprint density at radius 3 is 2.66 bits per heavy atom. The number of ether oxygens (including phenoxy) is 1. The lowest BCUT2D eigenvalue weighted by Gasteiger charge is -2.20. The molecule has 1 atom stereocenters. The number of benzene rings is 1. The first kappa shape index (κ1) is 20.9. The standard InChI is InChI=1S/C17H11BrClF2N3O5/c18-11-6-24-12(5-22-11)23-14(16(27)28)15(24)9(4-13(25)26)8-3-7(19)1-2-10(8)29-17(20)21/h1-3,5-6,9,17H,4H2,(H,25,26)(H,27,28). The SMILES string of the molecule is O=C(O)CC(c1cc(Cl)ccc1OC(F)F)c1c(C(=O)O)nc2cnc(Br)cn12. The summed E-state index contributed by atoms with van der Waals surface area (Å²) in [7, 11) is 0. The van der Waals surface area contributed by atoms with E-state index in [1.807, 2.05) is 0 Å². The van der Waals surface area contributed by atoms with Crippen LogP contribution in [0.3, 0.4) is 0 Å². The maximum absolute atomic E-state index is 12.9. The molecular weight excluding hydrogens is 480 g/mol. The third-order valence-electron chi connectivity index (χ3n) is 3.99. The molecule has 0 aliphatic rings. The van der Waals surface area contributed by atoms with Crippen LogP contribution < -0.4 is 4.74 Å². The molecule has 3 aromatic rings. The summed E-state index contributed by atoms with van der Waals surface area (Å²) >= 11 is 9.15. The van der Waals surface area contributed by atoms with Crippen molar-refractivity contribution >= 4 is 45.1 Å². The average Bonchev–Trinajstić information content (AvgIpc) is 2.99. The van der Waals surface area contributed by atoms with Crippen molar-refractivity contribution in [3.05, 3.63) is 57.2 Å². The van der Waals surface area contributed by atoms with Crippen molar-refractivity contribution in [2.24, 2.45) is 0 Å². The minimum Gasteiger partial charge on any atom is -0.481 e. The first-order valence-electron chi connectivity index (χ1n) is 7.90. The number of aromatic carboxylic acids is 1. The van der Waals surface area contributed by atoms with E-state index in [1.54, 1.807) is 0 Å². The molecule has 1 aromatic carbocycles. The van der Waals surface area contributed by atoms with Gasteiger partial charge in [0.2, 0.25) is 0 Å². The number of imidazole rings is 1. The Balaban J connectivity index is 2.33. The molecule has 0 radical (unpaired) electrons. The van der Waals surface area contributed by atoms with E-state index in [1.165, 1.54) is 35.0 Å². The Morgan fingerprint density at radius 1 is 1.31 bits per heavy atom. The molecule has 2 N–H and O–H groups in total. The fraction of sp³-hybridized carbons (Fsp3) is 0.176. The zero-order chi connectivity index (χ0) is 21.3. The van der Waals surface area contributed by atoms with Crippen molar-refractivity contribution in [3.63, 3.8) is 0 Å². The van der Waals surface area contributed by atoms with Crippen LogP contribution in [0.5, 0.6) is 5.75 Å². The predicted octanol–water partition coefficient (Wildman–Crippen LogP) is 4.05. The van der Waals surface area contributed by atoms with Gasteiger partial charge in [-0.1, -0.05) is 11.6 Å². The highest BCUT2D eigenvalue weighted by Gasteiger charge is 2.31. The first-order valence-corrected chi connectivity index (χ1v) is 9.07. The quantitative estimate of drug-likeness (QED) is 0.513. The first-order chi connectivity index (χ1) is 13.7. The highest BCUT2D eigenvalue weighted by Crippen LogP contribution is 2.39. The van der Waals surface area contributed by atoms with Gasteiger partial charge in [-0.15, -0.1) is 0 Å². The Bertz CT molecular complexity index is 1110. The number of rotatable bonds is 7. The van der Waals surface area contributed by atoms with E-state index in [0.717, 1.165) is 0 Å². The van der Waals surface area contributed by atoms with Crippen LogP contribution >= 0.6 is 27.5 Å². The third-order valence-corrected chi connectivity index (χ3v) is 4.63. The lowest BCUT2D eigenvalue weighted by Crippen LogP contribution is -2.16. The molecule has 0 saturated heterocycles. The number of halogens is 4. The molecule has 3 rings (SSSR count). The Morgan fingerprint density at radius 2 is 2.03 bits per heavy atom.